The monoisotopic (exact) mass is 391 g/mol. The van der Waals surface area contributed by atoms with Crippen LogP contribution in [0, 0.1) is 0 Å². The minimum Gasteiger partial charge on any atom is -0.339 e. The van der Waals surface area contributed by atoms with Crippen molar-refractivity contribution in [3.63, 3.8) is 0 Å². The Morgan fingerprint density at radius 1 is 1.00 bits per heavy atom. The lowest BCUT2D eigenvalue weighted by atomic mass is 10.2. The predicted molar refractivity (Wildman–Crippen MR) is 112 cm³/mol. The topological polar surface area (TPSA) is 90.0 Å². The number of imidazole rings is 1. The highest BCUT2D eigenvalue weighted by atomic mass is 16.2. The van der Waals surface area contributed by atoms with Crippen LogP contribution in [0.4, 0.5) is 5.95 Å². The molecule has 1 aromatic carbocycles. The lowest BCUT2D eigenvalue weighted by Crippen LogP contribution is -2.44. The molecule has 0 unspecified atom stereocenters. The molecule has 4 aromatic rings. The van der Waals surface area contributed by atoms with Gasteiger partial charge < -0.3 is 10.2 Å². The molecule has 1 aliphatic rings. The van der Waals surface area contributed by atoms with Gasteiger partial charge in [0.1, 0.15) is 0 Å². The van der Waals surface area contributed by atoms with Crippen molar-refractivity contribution in [3.8, 4) is 5.69 Å². The van der Waals surface area contributed by atoms with Crippen LogP contribution in [-0.2, 0) is 14.1 Å². The van der Waals surface area contributed by atoms with Crippen molar-refractivity contribution >= 4 is 28.0 Å². The van der Waals surface area contributed by atoms with Crippen molar-refractivity contribution in [2.75, 3.05) is 31.1 Å². The summed E-state index contributed by atoms with van der Waals surface area (Å²) in [6.45, 7) is 3.17. The Morgan fingerprint density at radius 2 is 1.76 bits per heavy atom. The van der Waals surface area contributed by atoms with Crippen LogP contribution >= 0.6 is 0 Å². The summed E-state index contributed by atoms with van der Waals surface area (Å²) in [5.74, 6) is 0.651. The normalized spacial score (nSPS) is 14.8. The number of rotatable bonds is 2. The van der Waals surface area contributed by atoms with E-state index >= 15 is 0 Å². The van der Waals surface area contributed by atoms with Gasteiger partial charge in [-0.1, -0.05) is 18.2 Å². The zero-order chi connectivity index (χ0) is 20.1. The number of pyridine rings is 1. The van der Waals surface area contributed by atoms with E-state index in [1.165, 1.54) is 11.6 Å². The number of benzene rings is 1. The van der Waals surface area contributed by atoms with Crippen molar-refractivity contribution in [2.24, 2.45) is 14.1 Å². The van der Waals surface area contributed by atoms with Gasteiger partial charge in [0.2, 0.25) is 5.95 Å². The summed E-state index contributed by atoms with van der Waals surface area (Å²) >= 11 is 0. The first-order chi connectivity index (χ1) is 14.1. The van der Waals surface area contributed by atoms with Gasteiger partial charge in [-0.25, -0.2) is 4.79 Å². The summed E-state index contributed by atoms with van der Waals surface area (Å²) in [7, 11) is 3.14. The van der Waals surface area contributed by atoms with Crippen LogP contribution in [0.3, 0.4) is 0 Å². The van der Waals surface area contributed by atoms with Crippen molar-refractivity contribution in [2.45, 2.75) is 0 Å². The average Bonchev–Trinajstić information content (AvgIpc) is 3.17. The van der Waals surface area contributed by atoms with Crippen LogP contribution in [-0.4, -0.2) is 49.8 Å². The van der Waals surface area contributed by atoms with Gasteiger partial charge in [-0.15, -0.1) is 0 Å². The fraction of sp³-hybridized carbons (Fsp3) is 0.300. The zero-order valence-electron chi connectivity index (χ0n) is 16.3. The van der Waals surface area contributed by atoms with Gasteiger partial charge >= 0.3 is 5.69 Å². The number of nitrogens with zero attached hydrogens (tertiary/aromatic N) is 6. The summed E-state index contributed by atoms with van der Waals surface area (Å²) in [5.41, 5.74) is 1.54. The summed E-state index contributed by atoms with van der Waals surface area (Å²) in [6, 6.07) is 9.75. The molecule has 0 atom stereocenters. The molecule has 3 aromatic heterocycles. The molecule has 0 saturated carbocycles. The molecule has 1 fully saturated rings. The highest BCUT2D eigenvalue weighted by Gasteiger charge is 2.25. The molecule has 4 heterocycles. The number of piperazine rings is 1. The van der Waals surface area contributed by atoms with E-state index in [0.717, 1.165) is 47.3 Å². The van der Waals surface area contributed by atoms with Gasteiger partial charge in [0.15, 0.2) is 11.2 Å². The molecule has 5 rings (SSSR count). The van der Waals surface area contributed by atoms with Crippen LogP contribution < -0.4 is 21.5 Å². The molecular weight excluding hydrogens is 370 g/mol. The Hall–Kier alpha value is -3.46. The van der Waals surface area contributed by atoms with E-state index in [4.69, 9.17) is 4.98 Å². The van der Waals surface area contributed by atoms with Gasteiger partial charge in [0.05, 0.1) is 11.2 Å². The first kappa shape index (κ1) is 17.6. The maximum atomic E-state index is 13.2. The number of fused-ring (bicyclic) bond motifs is 2. The summed E-state index contributed by atoms with van der Waals surface area (Å²) < 4.78 is 4.41. The van der Waals surface area contributed by atoms with E-state index in [0.29, 0.717) is 17.1 Å². The number of aryl methyl sites for hydroxylation is 1. The molecule has 0 amide bonds. The largest absolute Gasteiger partial charge is 0.339 e. The van der Waals surface area contributed by atoms with E-state index < -0.39 is 5.69 Å². The number of hydrogen-bond acceptors (Lipinski definition) is 6. The Morgan fingerprint density at radius 3 is 2.55 bits per heavy atom. The minimum absolute atomic E-state index is 0.370. The molecule has 1 N–H and O–H groups in total. The molecule has 9 nitrogen and oxygen atoms in total. The van der Waals surface area contributed by atoms with Gasteiger partial charge in [0.25, 0.3) is 5.56 Å². The van der Waals surface area contributed by atoms with E-state index in [9.17, 15) is 9.59 Å². The van der Waals surface area contributed by atoms with Gasteiger partial charge in [0, 0.05) is 51.9 Å². The first-order valence-electron chi connectivity index (χ1n) is 9.56. The summed E-state index contributed by atoms with van der Waals surface area (Å²) in [5, 5.41) is 4.31. The number of aromatic nitrogens is 5. The Labute approximate surface area is 165 Å². The van der Waals surface area contributed by atoms with E-state index in [1.54, 1.807) is 13.2 Å². The molecule has 0 spiro atoms. The Kier molecular flexibility index (Phi) is 3.99. The van der Waals surface area contributed by atoms with E-state index in [2.05, 4.69) is 15.2 Å². The molecule has 0 aliphatic carbocycles. The predicted octanol–water partition coefficient (Wildman–Crippen LogP) is 0.381. The van der Waals surface area contributed by atoms with Gasteiger partial charge in [-0.05, 0) is 12.1 Å². The fourth-order valence-electron chi connectivity index (χ4n) is 3.96. The Balaban J connectivity index is 1.94. The van der Waals surface area contributed by atoms with Crippen LogP contribution in [0.2, 0.25) is 0 Å². The lowest BCUT2D eigenvalue weighted by molar-refractivity contribution is 0.578. The maximum absolute atomic E-state index is 13.2. The molecule has 1 aliphatic heterocycles. The van der Waals surface area contributed by atoms with Crippen LogP contribution in [0.5, 0.6) is 0 Å². The zero-order valence-corrected chi connectivity index (χ0v) is 16.3. The highest BCUT2D eigenvalue weighted by molar-refractivity contribution is 5.90. The summed E-state index contributed by atoms with van der Waals surface area (Å²) in [4.78, 5) is 37.1. The maximum Gasteiger partial charge on any atom is 0.332 e. The fourth-order valence-corrected chi connectivity index (χ4v) is 3.96. The number of anilines is 1. The van der Waals surface area contributed by atoms with Crippen molar-refractivity contribution in [3.05, 3.63) is 57.4 Å². The van der Waals surface area contributed by atoms with Crippen LogP contribution in [0.1, 0.15) is 0 Å². The lowest BCUT2D eigenvalue weighted by Gasteiger charge is -2.28. The third-order valence-corrected chi connectivity index (χ3v) is 5.49. The summed E-state index contributed by atoms with van der Waals surface area (Å²) in [6.07, 6.45) is 1.74. The van der Waals surface area contributed by atoms with Crippen molar-refractivity contribution < 1.29 is 0 Å². The van der Waals surface area contributed by atoms with Crippen LogP contribution in [0.25, 0.3) is 27.8 Å². The number of hydrogen-bond donors (Lipinski definition) is 1. The molecule has 9 heteroatoms. The van der Waals surface area contributed by atoms with Gasteiger partial charge in [-0.2, -0.15) is 4.98 Å². The molecular formula is C20H21N7O2. The quantitative estimate of drug-likeness (QED) is 0.531. The SMILES string of the molecule is Cn1c(=O)c2c(nc(N3CCNCC3)n2-c2cccc3cccnc23)n(C)c1=O. The third kappa shape index (κ3) is 2.58. The van der Waals surface area contributed by atoms with Crippen LogP contribution in [0.15, 0.2) is 46.1 Å². The second kappa shape index (κ2) is 6.56. The number of para-hydroxylation sites is 1. The molecule has 0 bridgehead atoms. The average molecular weight is 391 g/mol. The second-order valence-electron chi connectivity index (χ2n) is 7.21. The number of nitrogens with one attached hydrogen (secondary N) is 1. The second-order valence-corrected chi connectivity index (χ2v) is 7.21. The first-order valence-corrected chi connectivity index (χ1v) is 9.56. The third-order valence-electron chi connectivity index (χ3n) is 5.49. The smallest absolute Gasteiger partial charge is 0.332 e. The Bertz CT molecular complexity index is 1350. The molecule has 1 saturated heterocycles. The highest BCUT2D eigenvalue weighted by Crippen LogP contribution is 2.29. The molecule has 29 heavy (non-hydrogen) atoms. The van der Waals surface area contributed by atoms with E-state index in [1.807, 2.05) is 34.9 Å². The standard InChI is InChI=1S/C20H21N7O2/c1-24-17-16(18(28)25(2)20(24)29)27(19(23-17)26-11-9-21-10-12-26)14-7-3-5-13-6-4-8-22-15(13)14/h3-8,21H,9-12H2,1-2H3. The van der Waals surface area contributed by atoms with Gasteiger partial charge in [-0.3, -0.25) is 23.5 Å². The minimum atomic E-state index is -0.393. The molecule has 148 valence electrons. The van der Waals surface area contributed by atoms with Crippen molar-refractivity contribution in [1.29, 1.82) is 0 Å². The van der Waals surface area contributed by atoms with E-state index in [-0.39, 0.29) is 5.56 Å². The molecule has 0 radical (unpaired) electrons. The van der Waals surface area contributed by atoms with Crippen molar-refractivity contribution in [1.82, 2.24) is 29.0 Å².